The van der Waals surface area contributed by atoms with Crippen molar-refractivity contribution in [2.75, 3.05) is 18.5 Å². The Morgan fingerprint density at radius 3 is 2.87 bits per heavy atom. The van der Waals surface area contributed by atoms with Crippen LogP contribution < -0.4 is 10.1 Å². The van der Waals surface area contributed by atoms with Crippen LogP contribution in [0.2, 0.25) is 0 Å². The van der Waals surface area contributed by atoms with Crippen LogP contribution in [0.1, 0.15) is 47.9 Å². The molecule has 0 saturated heterocycles. The number of benzene rings is 1. The molecule has 1 aliphatic carbocycles. The number of nitrogens with one attached hydrogen (secondary N) is 1. The minimum Gasteiger partial charge on any atom is -0.493 e. The Bertz CT molecular complexity index is 1060. The molecule has 2 atom stereocenters. The third-order valence-corrected chi connectivity index (χ3v) is 6.32. The number of aromatic nitrogens is 2. The minimum absolute atomic E-state index is 0.0361. The maximum Gasteiger partial charge on any atom is 0.304 e. The molecule has 0 spiro atoms. The van der Waals surface area contributed by atoms with Gasteiger partial charge in [-0.25, -0.2) is 0 Å². The standard InChI is InChI=1S/C24H25N3O4/c28-23(29)15-24(22-9-12-26-31-22)14-19(24)16-3-6-18(7-4-16)30-13-10-17-5-8-20-21(27-17)2-1-11-25-20/h3-9,12,19,25H,1-2,10-11,13-15H2,(H,28,29). The van der Waals surface area contributed by atoms with Crippen molar-refractivity contribution < 1.29 is 19.2 Å². The van der Waals surface area contributed by atoms with Gasteiger partial charge in [-0.1, -0.05) is 17.3 Å². The van der Waals surface area contributed by atoms with Crippen LogP contribution in [0.15, 0.2) is 53.2 Å². The van der Waals surface area contributed by atoms with Gasteiger partial charge in [0.15, 0.2) is 0 Å². The monoisotopic (exact) mass is 419 g/mol. The number of fused-ring (bicyclic) bond motifs is 1. The minimum atomic E-state index is -0.828. The van der Waals surface area contributed by atoms with Crippen molar-refractivity contribution in [1.29, 1.82) is 0 Å². The molecular weight excluding hydrogens is 394 g/mol. The summed E-state index contributed by atoms with van der Waals surface area (Å²) in [5.41, 5.74) is 3.93. The van der Waals surface area contributed by atoms with Crippen molar-refractivity contribution in [1.82, 2.24) is 10.1 Å². The number of carbonyl (C=O) groups is 1. The zero-order valence-corrected chi connectivity index (χ0v) is 17.2. The number of hydrogen-bond donors (Lipinski definition) is 2. The van der Waals surface area contributed by atoms with Crippen molar-refractivity contribution in [3.63, 3.8) is 0 Å². The van der Waals surface area contributed by atoms with Crippen molar-refractivity contribution in [3.05, 3.63) is 71.4 Å². The molecule has 160 valence electrons. The van der Waals surface area contributed by atoms with Crippen molar-refractivity contribution in [2.45, 2.75) is 43.4 Å². The van der Waals surface area contributed by atoms with Crippen LogP contribution in [0.3, 0.4) is 0 Å². The Kier molecular flexibility index (Phi) is 5.10. The van der Waals surface area contributed by atoms with E-state index in [-0.39, 0.29) is 12.3 Å². The van der Waals surface area contributed by atoms with Gasteiger partial charge in [0.05, 0.1) is 30.6 Å². The van der Waals surface area contributed by atoms with Gasteiger partial charge in [-0.2, -0.15) is 0 Å². The Morgan fingerprint density at radius 2 is 2.10 bits per heavy atom. The lowest BCUT2D eigenvalue weighted by Crippen LogP contribution is -2.15. The predicted molar refractivity (Wildman–Crippen MR) is 114 cm³/mol. The molecule has 7 heteroatoms. The molecule has 3 aromatic rings. The summed E-state index contributed by atoms with van der Waals surface area (Å²) < 4.78 is 11.2. The molecular formula is C24H25N3O4. The molecule has 7 nitrogen and oxygen atoms in total. The van der Waals surface area contributed by atoms with E-state index in [1.807, 2.05) is 24.3 Å². The quantitative estimate of drug-likeness (QED) is 0.570. The van der Waals surface area contributed by atoms with Gasteiger partial charge in [0.25, 0.3) is 0 Å². The van der Waals surface area contributed by atoms with E-state index in [4.69, 9.17) is 14.2 Å². The first-order valence-electron chi connectivity index (χ1n) is 10.7. The van der Waals surface area contributed by atoms with E-state index in [1.54, 1.807) is 12.3 Å². The third kappa shape index (κ3) is 4.00. The van der Waals surface area contributed by atoms with Crippen LogP contribution in [-0.2, 0) is 23.1 Å². The molecule has 2 aliphatic rings. The smallest absolute Gasteiger partial charge is 0.304 e. The van der Waals surface area contributed by atoms with Gasteiger partial charge in [-0.05, 0) is 55.0 Å². The molecule has 3 heterocycles. The second kappa shape index (κ2) is 8.06. The second-order valence-corrected chi connectivity index (χ2v) is 8.35. The molecule has 5 rings (SSSR count). The fraction of sp³-hybridized carbons (Fsp3) is 0.375. The maximum atomic E-state index is 11.4. The van der Waals surface area contributed by atoms with Gasteiger partial charge >= 0.3 is 5.97 Å². The van der Waals surface area contributed by atoms with E-state index < -0.39 is 11.4 Å². The number of pyridine rings is 1. The average Bonchev–Trinajstić information content (AvgIpc) is 3.21. The highest BCUT2D eigenvalue weighted by molar-refractivity contribution is 5.70. The fourth-order valence-electron chi connectivity index (χ4n) is 4.63. The lowest BCUT2D eigenvalue weighted by Gasteiger charge is -2.17. The predicted octanol–water partition coefficient (Wildman–Crippen LogP) is 3.95. The summed E-state index contributed by atoms with van der Waals surface area (Å²) in [7, 11) is 0. The van der Waals surface area contributed by atoms with E-state index in [0.29, 0.717) is 12.4 Å². The second-order valence-electron chi connectivity index (χ2n) is 8.35. The molecule has 0 radical (unpaired) electrons. The summed E-state index contributed by atoms with van der Waals surface area (Å²) in [4.78, 5) is 16.2. The first-order valence-corrected chi connectivity index (χ1v) is 10.7. The molecule has 2 N–H and O–H groups in total. The third-order valence-electron chi connectivity index (χ3n) is 6.32. The van der Waals surface area contributed by atoms with E-state index in [1.165, 1.54) is 0 Å². The summed E-state index contributed by atoms with van der Waals surface area (Å²) in [6.07, 6.45) is 5.25. The van der Waals surface area contributed by atoms with E-state index in [2.05, 4.69) is 22.6 Å². The van der Waals surface area contributed by atoms with Crippen molar-refractivity contribution in [2.24, 2.45) is 0 Å². The topological polar surface area (TPSA) is 97.5 Å². The number of hydrogen-bond acceptors (Lipinski definition) is 6. The van der Waals surface area contributed by atoms with E-state index >= 15 is 0 Å². The molecule has 0 bridgehead atoms. The fourth-order valence-corrected chi connectivity index (χ4v) is 4.63. The highest BCUT2D eigenvalue weighted by Gasteiger charge is 2.59. The average molecular weight is 419 g/mol. The number of aliphatic carboxylic acids is 1. The Balaban J connectivity index is 1.19. The van der Waals surface area contributed by atoms with Crippen LogP contribution in [0.25, 0.3) is 0 Å². The van der Waals surface area contributed by atoms with Gasteiger partial charge in [-0.3, -0.25) is 9.78 Å². The van der Waals surface area contributed by atoms with Crippen LogP contribution in [-0.4, -0.2) is 34.4 Å². The lowest BCUT2D eigenvalue weighted by molar-refractivity contribution is -0.137. The van der Waals surface area contributed by atoms with Crippen LogP contribution in [0.5, 0.6) is 5.75 Å². The highest BCUT2D eigenvalue weighted by atomic mass is 16.5. The summed E-state index contributed by atoms with van der Waals surface area (Å²) in [5, 5.41) is 16.5. The van der Waals surface area contributed by atoms with Gasteiger partial charge in [0, 0.05) is 30.1 Å². The van der Waals surface area contributed by atoms with Gasteiger partial charge in [-0.15, -0.1) is 0 Å². The number of rotatable bonds is 8. The molecule has 2 unspecified atom stereocenters. The normalized spacial score (nSPS) is 21.7. The van der Waals surface area contributed by atoms with Crippen LogP contribution in [0, 0.1) is 0 Å². The van der Waals surface area contributed by atoms with Crippen LogP contribution in [0.4, 0.5) is 5.69 Å². The maximum absolute atomic E-state index is 11.4. The summed E-state index contributed by atoms with van der Waals surface area (Å²) in [6, 6.07) is 13.9. The number of carboxylic acids is 1. The van der Waals surface area contributed by atoms with Gasteiger partial charge in [0.1, 0.15) is 11.5 Å². The summed E-state index contributed by atoms with van der Waals surface area (Å²) in [5.74, 6) is 0.727. The first-order chi connectivity index (χ1) is 15.1. The molecule has 1 fully saturated rings. The summed E-state index contributed by atoms with van der Waals surface area (Å²) >= 11 is 0. The number of nitrogens with zero attached hydrogens (tertiary/aromatic N) is 2. The Morgan fingerprint density at radius 1 is 1.23 bits per heavy atom. The molecule has 1 saturated carbocycles. The molecule has 1 aliphatic heterocycles. The van der Waals surface area contributed by atoms with Gasteiger partial charge in [0.2, 0.25) is 0 Å². The number of carboxylic acid groups (broad SMARTS) is 1. The largest absolute Gasteiger partial charge is 0.493 e. The number of ether oxygens (including phenoxy) is 1. The van der Waals surface area contributed by atoms with Crippen molar-refractivity contribution in [3.8, 4) is 5.75 Å². The lowest BCUT2D eigenvalue weighted by atomic mass is 9.93. The van der Waals surface area contributed by atoms with E-state index in [0.717, 1.165) is 60.6 Å². The number of anilines is 1. The van der Waals surface area contributed by atoms with Gasteiger partial charge < -0.3 is 19.7 Å². The van der Waals surface area contributed by atoms with Crippen LogP contribution >= 0.6 is 0 Å². The Labute approximate surface area is 180 Å². The zero-order valence-electron chi connectivity index (χ0n) is 17.2. The molecule has 31 heavy (non-hydrogen) atoms. The summed E-state index contributed by atoms with van der Waals surface area (Å²) in [6.45, 7) is 1.58. The highest BCUT2D eigenvalue weighted by Crippen LogP contribution is 2.62. The number of aryl methyl sites for hydroxylation is 1. The SMILES string of the molecule is O=C(O)CC1(c2ccno2)CC1c1ccc(OCCc2ccc3c(n2)CCCN3)cc1. The molecule has 2 aromatic heterocycles. The Hall–Kier alpha value is -3.35. The first kappa shape index (κ1) is 19.6. The molecule has 1 aromatic carbocycles. The van der Waals surface area contributed by atoms with E-state index in [9.17, 15) is 9.90 Å². The zero-order chi connectivity index (χ0) is 21.3. The molecule has 0 amide bonds. The van der Waals surface area contributed by atoms with Crippen molar-refractivity contribution >= 4 is 11.7 Å².